The van der Waals surface area contributed by atoms with Gasteiger partial charge in [-0.1, -0.05) is 81.2 Å². The summed E-state index contributed by atoms with van der Waals surface area (Å²) in [5, 5.41) is 25.0. The van der Waals surface area contributed by atoms with Gasteiger partial charge in [-0.3, -0.25) is 32.5 Å². The van der Waals surface area contributed by atoms with E-state index in [1.54, 1.807) is 35.2 Å². The number of thiophene rings is 2. The number of fused-ring (bicyclic) bond motifs is 7. The number of carboxylic acid groups (broad SMARTS) is 1. The van der Waals surface area contributed by atoms with Crippen LogP contribution >= 0.6 is 22.7 Å². The number of aliphatic carboxylic acids is 1. The van der Waals surface area contributed by atoms with E-state index in [0.717, 1.165) is 92.9 Å². The second-order valence-electron chi connectivity index (χ2n) is 27.2. The number of carboxylic acids is 1. The van der Waals surface area contributed by atoms with Crippen LogP contribution in [-0.2, 0) is 73.9 Å². The number of hydrogen-bond donors (Lipinski definition) is 5. The predicted octanol–water partition coefficient (Wildman–Crippen LogP) is 2.63. The number of ketones is 1. The summed E-state index contributed by atoms with van der Waals surface area (Å²) in [4.78, 5) is 73.0. The van der Waals surface area contributed by atoms with Crippen molar-refractivity contribution in [2.45, 2.75) is 183 Å². The molecule has 2 aromatic heterocycles. The summed E-state index contributed by atoms with van der Waals surface area (Å²) in [5.41, 5.74) is 4.98. The van der Waals surface area contributed by atoms with Gasteiger partial charge < -0.3 is 49.4 Å². The van der Waals surface area contributed by atoms with Crippen LogP contribution in [0.4, 0.5) is 16.2 Å². The molecule has 4 atom stereocenters. The third-order valence-electron chi connectivity index (χ3n) is 19.4. The molecular weight excluding hydrogens is 1550 g/mol. The van der Waals surface area contributed by atoms with Gasteiger partial charge in [0.1, 0.15) is 33.7 Å². The van der Waals surface area contributed by atoms with Gasteiger partial charge in [0.2, 0.25) is 18.6 Å². The first kappa shape index (κ1) is 92.2. The molecule has 556 valence electrons. The van der Waals surface area contributed by atoms with E-state index in [9.17, 15) is 55.0 Å². The van der Waals surface area contributed by atoms with Crippen molar-refractivity contribution in [1.29, 1.82) is 0 Å². The van der Waals surface area contributed by atoms with Gasteiger partial charge in [-0.05, 0) is 171 Å². The number of benzene rings is 5. The van der Waals surface area contributed by atoms with E-state index in [4.69, 9.17) is 22.1 Å². The number of hydrogen-bond acceptors (Lipinski definition) is 19. The molecule has 0 radical (unpaired) electrons. The van der Waals surface area contributed by atoms with Gasteiger partial charge in [0.05, 0.1) is 52.5 Å². The molecule has 0 bridgehead atoms. The first-order chi connectivity index (χ1) is 49.5. The Kier molecular flexibility index (Phi) is 36.5. The monoisotopic (exact) mass is 1630 g/mol. The largest absolute Gasteiger partial charge is 1.00 e. The minimum absolute atomic E-state index is 0. The van der Waals surface area contributed by atoms with Crippen LogP contribution in [0.25, 0.3) is 21.5 Å². The fourth-order valence-electron chi connectivity index (χ4n) is 14.5. The zero-order valence-corrected chi connectivity index (χ0v) is 75.4. The maximum atomic E-state index is 14.5. The minimum Gasteiger partial charge on any atom is -0.754 e. The average molecular weight is 1640 g/mol. The summed E-state index contributed by atoms with van der Waals surface area (Å²) < 4.78 is 110. The number of quaternary nitrogens is 1. The summed E-state index contributed by atoms with van der Waals surface area (Å²) >= 11 is 3.05. The second kappa shape index (κ2) is 42.4. The van der Waals surface area contributed by atoms with Crippen molar-refractivity contribution < 1.29 is 236 Å². The van der Waals surface area contributed by atoms with Crippen LogP contribution in [0, 0.1) is 13.0 Å². The molecule has 0 saturated carbocycles. The van der Waals surface area contributed by atoms with Crippen LogP contribution < -0.4 is 189 Å². The SMILES string of the molecule is CC[NH+]1c2ccc3c(C)cc(S(=O)(=O)[O-])cc3c2C(C)(C)C1/C=C/C=C/C=C1/N(CCCCCC(=O)CCCCCCC(=O)NCCCC[C@H](NC(=O)N[C@@H](CC(=O)O)c2ccc3c(c2)OCO3)C(=O)N(Cc2cccs2)Cc2cccs2)c2ccc3c(S(=O)(=O)[O-])c[c-]cc3c2C1(C)C.O=S(=O)=O.[K+].[K+].[K+]. The molecule has 0 aliphatic carbocycles. The molecule has 10 rings (SSSR count). The third kappa shape index (κ3) is 24.7. The van der Waals surface area contributed by atoms with Crippen molar-refractivity contribution in [1.82, 2.24) is 20.9 Å². The van der Waals surface area contributed by atoms with Crippen LogP contribution in [0.1, 0.15) is 163 Å². The number of allylic oxidation sites excluding steroid dienone is 5. The Bertz CT molecular complexity index is 4710. The van der Waals surface area contributed by atoms with Crippen molar-refractivity contribution in [2.75, 3.05) is 31.3 Å². The van der Waals surface area contributed by atoms with Gasteiger partial charge in [0.25, 0.3) is 0 Å². The molecule has 107 heavy (non-hydrogen) atoms. The first-order valence-corrected chi connectivity index (χ1v) is 40.3. The van der Waals surface area contributed by atoms with E-state index in [2.05, 4.69) is 79.8 Å². The van der Waals surface area contributed by atoms with Crippen molar-refractivity contribution in [3.63, 3.8) is 0 Å². The molecular formula is C76H88K3N6O17S5+. The molecule has 3 aliphatic rings. The number of amides is 4. The Labute approximate surface area is 763 Å². The summed E-state index contributed by atoms with van der Waals surface area (Å²) in [6.45, 7) is 14.9. The van der Waals surface area contributed by atoms with Gasteiger partial charge in [0.15, 0.2) is 11.5 Å². The third-order valence-corrected chi connectivity index (χ3v) is 22.8. The van der Waals surface area contributed by atoms with Crippen molar-refractivity contribution in [2.24, 2.45) is 0 Å². The molecule has 5 N–H and O–H groups in total. The molecule has 0 saturated heterocycles. The molecule has 7 aromatic rings. The van der Waals surface area contributed by atoms with E-state index in [-0.39, 0.29) is 201 Å². The second-order valence-corrected chi connectivity index (χ2v) is 32.4. The van der Waals surface area contributed by atoms with E-state index in [1.165, 1.54) is 45.8 Å². The van der Waals surface area contributed by atoms with Crippen LogP contribution in [0.3, 0.4) is 0 Å². The number of anilines is 1. The van der Waals surface area contributed by atoms with Crippen LogP contribution in [0.5, 0.6) is 11.5 Å². The molecule has 0 spiro atoms. The molecule has 5 heterocycles. The Morgan fingerprint density at radius 1 is 0.738 bits per heavy atom. The van der Waals surface area contributed by atoms with E-state index < -0.39 is 72.2 Å². The number of nitrogens with zero attached hydrogens (tertiary/aromatic N) is 2. The smallest absolute Gasteiger partial charge is 0.754 e. The predicted molar refractivity (Wildman–Crippen MR) is 396 cm³/mol. The van der Waals surface area contributed by atoms with Crippen LogP contribution in [0.2, 0.25) is 0 Å². The normalized spacial score (nSPS) is 16.2. The molecule has 2 unspecified atom stereocenters. The van der Waals surface area contributed by atoms with Gasteiger partial charge in [-0.25, -0.2) is 13.2 Å². The zero-order valence-electron chi connectivity index (χ0n) is 62.0. The zero-order chi connectivity index (χ0) is 75.1. The summed E-state index contributed by atoms with van der Waals surface area (Å²) in [6, 6.07) is 26.6. The van der Waals surface area contributed by atoms with Crippen molar-refractivity contribution in [3.05, 3.63) is 176 Å². The number of unbranched alkanes of at least 4 members (excludes halogenated alkanes) is 6. The number of carbonyl (C=O) groups is 5. The fourth-order valence-corrected chi connectivity index (χ4v) is 17.2. The summed E-state index contributed by atoms with van der Waals surface area (Å²) in [7, 11) is -12.6. The maximum Gasteiger partial charge on any atom is 1.00 e. The average Bonchev–Trinajstić information content (AvgIpc) is 1.58. The summed E-state index contributed by atoms with van der Waals surface area (Å²) in [5.74, 6) is -0.379. The fraction of sp³-hybridized carbons (Fsp3) is 0.408. The van der Waals surface area contributed by atoms with Gasteiger partial charge in [-0.15, -0.1) is 46.1 Å². The minimum atomic E-state index is -4.80. The van der Waals surface area contributed by atoms with Crippen molar-refractivity contribution >= 4 is 116 Å². The Balaban J connectivity index is 0.00000250. The first-order valence-electron chi connectivity index (χ1n) is 34.7. The number of ether oxygens (including phenoxy) is 2. The number of rotatable bonds is 34. The molecule has 5 aromatic carbocycles. The number of nitrogens with one attached hydrogen (secondary N) is 4. The number of Topliss-reactive ketones (excluding diaryl/α,β-unsaturated/α-hetero) is 1. The Morgan fingerprint density at radius 2 is 1.38 bits per heavy atom. The molecule has 31 heteroatoms. The molecule has 4 amide bonds. The van der Waals surface area contributed by atoms with Crippen LogP contribution in [0.15, 0.2) is 148 Å². The van der Waals surface area contributed by atoms with Gasteiger partial charge in [0, 0.05) is 70.5 Å². The van der Waals surface area contributed by atoms with E-state index >= 15 is 0 Å². The van der Waals surface area contributed by atoms with E-state index in [1.807, 2.05) is 72.3 Å². The van der Waals surface area contributed by atoms with Gasteiger partial charge >= 0.3 is 177 Å². The van der Waals surface area contributed by atoms with Gasteiger partial charge in [-0.2, -0.15) is 18.2 Å². The summed E-state index contributed by atoms with van der Waals surface area (Å²) in [6.07, 6.45) is 17.6. The van der Waals surface area contributed by atoms with E-state index in [0.29, 0.717) is 99.0 Å². The number of likely N-dealkylation sites (N-methyl/N-ethyl adjacent to an activating group) is 1. The molecule has 0 fully saturated rings. The Morgan fingerprint density at radius 3 is 2.01 bits per heavy atom. The topological polar surface area (TPSA) is 337 Å². The maximum absolute atomic E-state index is 14.5. The molecule has 3 aliphatic heterocycles. The van der Waals surface area contributed by atoms with Crippen LogP contribution in [-0.4, -0.2) is 117 Å². The Hall–Kier alpha value is -3.70. The molecule has 23 nitrogen and oxygen atoms in total. The van der Waals surface area contributed by atoms with Crippen molar-refractivity contribution in [3.8, 4) is 11.5 Å². The quantitative estimate of drug-likeness (QED) is 0.0127. The number of carbonyl (C=O) groups excluding carboxylic acids is 4. The standard InChI is InChI=1S/C76H89N6O14S4.3K.O3S/c1-7-81-62-36-34-56-50(2)43-55(99(89,90)91)45-59(56)72(62)75(3,4)67(81)30-14-10-15-31-68-76(5,6)71-58-27-20-29-66(100(92,93)94)57(58)35-37-63(71)82(68)40-19-11-13-24-52(83)23-12-8-9-16-32-69(84)77-39-18-17-28-60(73(87)80(47-53-25-21-41-97-53)48-54-26-22-42-98-54)78-74(88)79-61(46-70(85)86)51-33-38-64-65(44-51)96-49-95-64;;;;1-4(2)3/h10,14-15,21-22,25-27,29-31,33-38,41-45,60-61,67H,7-9,11-13,16-19,23-24,28,32,39-40,46-49H2,1-6H3,(H,77,84)(H,85,86)(H2,78,79,88)(H,89,90,91)(H,92,93,94);;;;/q-1;3*+1;/p-1/b15-10+,30-14+,68-31+;;;;/t60-,61-,67?;;;;/m0..../s1. The number of urea groups is 1. The number of aryl methyl sites for hydroxylation is 1.